The second-order valence-electron chi connectivity index (χ2n) is 6.66. The first-order valence-corrected chi connectivity index (χ1v) is 9.56. The van der Waals surface area contributed by atoms with Crippen LogP contribution in [0, 0.1) is 0 Å². The maximum Gasteiger partial charge on any atom is 0.123 e. The summed E-state index contributed by atoms with van der Waals surface area (Å²) >= 11 is 0. The molecule has 4 N–H and O–H groups in total. The van der Waals surface area contributed by atoms with Crippen LogP contribution in [0.1, 0.15) is 39.5 Å². The minimum absolute atomic E-state index is 0. The lowest BCUT2D eigenvalue weighted by atomic mass is 9.98. The van der Waals surface area contributed by atoms with Gasteiger partial charge in [-0.1, -0.05) is 81.3 Å². The van der Waals surface area contributed by atoms with Crippen LogP contribution in [0.25, 0.3) is 11.1 Å². The average molecular weight is 397 g/mol. The molecule has 1 aliphatic carbocycles. The minimum Gasteiger partial charge on any atom is -0.508 e. The predicted octanol–water partition coefficient (Wildman–Crippen LogP) is 6.10. The van der Waals surface area contributed by atoms with Crippen LogP contribution in [-0.2, 0) is 0 Å². The van der Waals surface area contributed by atoms with Gasteiger partial charge in [-0.15, -0.1) is 0 Å². The van der Waals surface area contributed by atoms with Crippen LogP contribution in [0.2, 0.25) is 0 Å². The summed E-state index contributed by atoms with van der Waals surface area (Å²) in [4.78, 5) is 0. The normalized spacial score (nSPS) is 13.0. The van der Waals surface area contributed by atoms with E-state index < -0.39 is 0 Å². The molecule has 4 rings (SSSR count). The molecule has 3 aromatic carbocycles. The molecule has 0 radical (unpaired) electrons. The van der Waals surface area contributed by atoms with Crippen molar-refractivity contribution < 1.29 is 20.4 Å². The lowest BCUT2D eigenvalue weighted by Crippen LogP contribution is -2.09. The quantitative estimate of drug-likeness (QED) is 0.400. The molecule has 29 heavy (non-hydrogen) atoms. The van der Waals surface area contributed by atoms with Crippen molar-refractivity contribution in [3.8, 4) is 28.4 Å². The molecule has 0 saturated heterocycles. The second kappa shape index (κ2) is 13.2. The van der Waals surface area contributed by atoms with Crippen molar-refractivity contribution in [2.75, 3.05) is 0 Å². The first-order valence-electron chi connectivity index (χ1n) is 9.56. The van der Waals surface area contributed by atoms with E-state index in [0.717, 1.165) is 12.8 Å². The zero-order valence-corrected chi connectivity index (χ0v) is 15.9. The van der Waals surface area contributed by atoms with Crippen LogP contribution in [-0.4, -0.2) is 26.5 Å². The summed E-state index contributed by atoms with van der Waals surface area (Å²) in [6.07, 6.45) is 5.92. The summed E-state index contributed by atoms with van der Waals surface area (Å²) in [6, 6.07) is 22.6. The fraction of sp³-hybridized carbons (Fsp3) is 0.280. The third kappa shape index (κ3) is 8.71. The molecule has 0 aromatic heterocycles. The summed E-state index contributed by atoms with van der Waals surface area (Å²) in [5, 5.41) is 36.7. The van der Waals surface area contributed by atoms with Gasteiger partial charge >= 0.3 is 0 Å². The molecule has 0 amide bonds. The van der Waals surface area contributed by atoms with Gasteiger partial charge < -0.3 is 20.4 Å². The smallest absolute Gasteiger partial charge is 0.123 e. The van der Waals surface area contributed by atoms with Crippen LogP contribution < -0.4 is 0 Å². The lowest BCUT2D eigenvalue weighted by Gasteiger charge is -2.14. The number of phenols is 3. The Labute approximate surface area is 173 Å². The zero-order chi connectivity index (χ0) is 20.2. The highest BCUT2D eigenvalue weighted by atomic mass is 16.3. The Kier molecular flexibility index (Phi) is 11.0. The molecule has 0 aliphatic heterocycles. The van der Waals surface area contributed by atoms with Crippen molar-refractivity contribution in [3.05, 3.63) is 78.9 Å². The first kappa shape index (κ1) is 24.1. The summed E-state index contributed by atoms with van der Waals surface area (Å²) in [5.74, 6) is 0.672. The predicted molar refractivity (Wildman–Crippen MR) is 119 cm³/mol. The number of benzene rings is 3. The highest BCUT2D eigenvalue weighted by Gasteiger charge is 2.08. The van der Waals surface area contributed by atoms with Crippen molar-refractivity contribution in [2.45, 2.75) is 45.6 Å². The molecule has 0 heterocycles. The second-order valence-corrected chi connectivity index (χ2v) is 6.66. The number of rotatable bonds is 1. The molecule has 1 aliphatic rings. The maximum atomic E-state index is 9.58. The van der Waals surface area contributed by atoms with Crippen molar-refractivity contribution in [1.29, 1.82) is 0 Å². The van der Waals surface area contributed by atoms with Gasteiger partial charge in [0.05, 0.1) is 6.10 Å². The lowest BCUT2D eigenvalue weighted by molar-refractivity contribution is 0.130. The molecular formula is C25H32O4. The van der Waals surface area contributed by atoms with Crippen LogP contribution >= 0.6 is 0 Å². The average Bonchev–Trinajstić information content (AvgIpc) is 2.71. The van der Waals surface area contributed by atoms with Crippen LogP contribution in [0.5, 0.6) is 17.2 Å². The molecule has 3 aromatic rings. The van der Waals surface area contributed by atoms with Crippen LogP contribution in [0.4, 0.5) is 0 Å². The van der Waals surface area contributed by atoms with E-state index in [1.807, 2.05) is 18.2 Å². The van der Waals surface area contributed by atoms with Gasteiger partial charge in [-0.25, -0.2) is 0 Å². The largest absolute Gasteiger partial charge is 0.508 e. The Morgan fingerprint density at radius 1 is 0.552 bits per heavy atom. The highest BCUT2D eigenvalue weighted by Crippen LogP contribution is 2.34. The molecule has 0 spiro atoms. The highest BCUT2D eigenvalue weighted by molar-refractivity contribution is 5.74. The summed E-state index contributed by atoms with van der Waals surface area (Å²) in [7, 11) is 0. The van der Waals surface area contributed by atoms with E-state index in [1.165, 1.54) is 19.3 Å². The van der Waals surface area contributed by atoms with Gasteiger partial charge in [0.1, 0.15) is 17.2 Å². The molecule has 4 heteroatoms. The molecule has 1 saturated carbocycles. The maximum absolute atomic E-state index is 9.58. The summed E-state index contributed by atoms with van der Waals surface area (Å²) in [5.41, 5.74) is 1.29. The molecule has 4 nitrogen and oxygen atoms in total. The van der Waals surface area contributed by atoms with Crippen molar-refractivity contribution in [2.24, 2.45) is 0 Å². The molecule has 1 fully saturated rings. The number of hydrogen-bond acceptors (Lipinski definition) is 4. The van der Waals surface area contributed by atoms with Gasteiger partial charge in [-0.3, -0.25) is 0 Å². The van der Waals surface area contributed by atoms with Crippen molar-refractivity contribution >= 4 is 0 Å². The zero-order valence-electron chi connectivity index (χ0n) is 15.9. The van der Waals surface area contributed by atoms with E-state index in [9.17, 15) is 10.2 Å². The first-order chi connectivity index (χ1) is 13.6. The van der Waals surface area contributed by atoms with Gasteiger partial charge in [0.15, 0.2) is 0 Å². The summed E-state index contributed by atoms with van der Waals surface area (Å²) in [6.45, 7) is 0. The summed E-state index contributed by atoms with van der Waals surface area (Å²) < 4.78 is 0. The fourth-order valence-corrected chi connectivity index (χ4v) is 2.91. The van der Waals surface area contributed by atoms with E-state index in [-0.39, 0.29) is 25.0 Å². The van der Waals surface area contributed by atoms with Gasteiger partial charge in [0.25, 0.3) is 0 Å². The van der Waals surface area contributed by atoms with Crippen LogP contribution in [0.3, 0.4) is 0 Å². The van der Waals surface area contributed by atoms with Gasteiger partial charge in [0, 0.05) is 11.1 Å². The van der Waals surface area contributed by atoms with E-state index in [0.29, 0.717) is 16.9 Å². The Morgan fingerprint density at radius 3 is 1.28 bits per heavy atom. The Balaban J connectivity index is 0.000000237. The van der Waals surface area contributed by atoms with Crippen LogP contribution in [0.15, 0.2) is 78.9 Å². The van der Waals surface area contributed by atoms with Gasteiger partial charge in [0.2, 0.25) is 0 Å². The number of para-hydroxylation sites is 3. The molecule has 0 bridgehead atoms. The molecule has 0 atom stereocenters. The SMILES string of the molecule is C.OC1CCCCC1.Oc1ccccc1.Oc1ccccc1-c1ccccc1O. The van der Waals surface area contributed by atoms with Crippen molar-refractivity contribution in [3.63, 3.8) is 0 Å². The third-order valence-electron chi connectivity index (χ3n) is 4.43. The van der Waals surface area contributed by atoms with E-state index >= 15 is 0 Å². The Hall–Kier alpha value is -2.98. The number of aliphatic hydroxyl groups excluding tert-OH is 1. The number of hydrogen-bond donors (Lipinski definition) is 4. The number of aliphatic hydroxyl groups is 1. The van der Waals surface area contributed by atoms with E-state index in [4.69, 9.17) is 10.2 Å². The minimum atomic E-state index is 0. The van der Waals surface area contributed by atoms with E-state index in [1.54, 1.807) is 60.7 Å². The molecule has 156 valence electrons. The standard InChI is InChI=1S/C12H10O2.C6H12O.C6H6O.CH4/c13-11-7-3-1-5-9(11)10-6-2-4-8-12(10)14;2*7-6-4-2-1-3-5-6;/h1-8,13-14H;6-7H,1-5H2;1-5,7H;1H4. The third-order valence-corrected chi connectivity index (χ3v) is 4.43. The Bertz CT molecular complexity index is 768. The van der Waals surface area contributed by atoms with Crippen molar-refractivity contribution in [1.82, 2.24) is 0 Å². The molecular weight excluding hydrogens is 364 g/mol. The molecule has 0 unspecified atom stereocenters. The van der Waals surface area contributed by atoms with E-state index in [2.05, 4.69) is 0 Å². The van der Waals surface area contributed by atoms with Gasteiger partial charge in [-0.05, 0) is 37.1 Å². The number of phenolic OH excluding ortho intramolecular Hbond substituents is 3. The van der Waals surface area contributed by atoms with Gasteiger partial charge in [-0.2, -0.15) is 0 Å². The monoisotopic (exact) mass is 396 g/mol. The fourth-order valence-electron chi connectivity index (χ4n) is 2.91. The number of aromatic hydroxyl groups is 3. The Morgan fingerprint density at radius 2 is 0.966 bits per heavy atom. The topological polar surface area (TPSA) is 80.9 Å².